The second-order valence-electron chi connectivity index (χ2n) is 4.36. The molecule has 1 aromatic heterocycles. The first-order valence-electron chi connectivity index (χ1n) is 5.77. The van der Waals surface area contributed by atoms with Crippen molar-refractivity contribution >= 4 is 5.91 Å². The fourth-order valence-corrected chi connectivity index (χ4v) is 2.26. The minimum atomic E-state index is 0.0374. The van der Waals surface area contributed by atoms with Gasteiger partial charge in [0.15, 0.2) is 0 Å². The van der Waals surface area contributed by atoms with Crippen LogP contribution in [-0.4, -0.2) is 23.9 Å². The van der Waals surface area contributed by atoms with Crippen LogP contribution in [0, 0.1) is 0 Å². The summed E-state index contributed by atoms with van der Waals surface area (Å²) in [6.07, 6.45) is 6.17. The van der Waals surface area contributed by atoms with E-state index in [0.717, 1.165) is 12.8 Å². The maximum absolute atomic E-state index is 12.1. The predicted molar refractivity (Wildman–Crippen MR) is 60.9 cm³/mol. The van der Waals surface area contributed by atoms with Gasteiger partial charge in [-0.3, -0.25) is 4.79 Å². The second kappa shape index (κ2) is 4.70. The Bertz CT molecular complexity index is 367. The lowest BCUT2D eigenvalue weighted by Gasteiger charge is -2.23. The van der Waals surface area contributed by atoms with E-state index in [4.69, 9.17) is 10.2 Å². The SMILES string of the molecule is CN(C(=O)c1coc(CN)c1)C1CCCC1. The largest absolute Gasteiger partial charge is 0.467 e. The van der Waals surface area contributed by atoms with Gasteiger partial charge in [0.25, 0.3) is 5.91 Å². The summed E-state index contributed by atoms with van der Waals surface area (Å²) in [5.41, 5.74) is 6.05. The Morgan fingerprint density at radius 2 is 2.25 bits per heavy atom. The summed E-state index contributed by atoms with van der Waals surface area (Å²) < 4.78 is 5.18. The molecule has 2 rings (SSSR count). The van der Waals surface area contributed by atoms with Crippen LogP contribution in [-0.2, 0) is 6.54 Å². The second-order valence-corrected chi connectivity index (χ2v) is 4.36. The van der Waals surface area contributed by atoms with E-state index in [9.17, 15) is 4.79 Å². The molecule has 0 atom stereocenters. The van der Waals surface area contributed by atoms with Crippen LogP contribution in [0.3, 0.4) is 0 Å². The van der Waals surface area contributed by atoms with E-state index < -0.39 is 0 Å². The minimum absolute atomic E-state index is 0.0374. The lowest BCUT2D eigenvalue weighted by atomic mass is 10.2. The summed E-state index contributed by atoms with van der Waals surface area (Å²) in [6, 6.07) is 2.12. The number of amides is 1. The van der Waals surface area contributed by atoms with Crippen LogP contribution < -0.4 is 5.73 Å². The molecule has 0 spiro atoms. The molecule has 4 heteroatoms. The highest BCUT2D eigenvalue weighted by atomic mass is 16.3. The summed E-state index contributed by atoms with van der Waals surface area (Å²) in [6.45, 7) is 0.334. The van der Waals surface area contributed by atoms with E-state index >= 15 is 0 Å². The number of carbonyl (C=O) groups excluding carboxylic acids is 1. The van der Waals surface area contributed by atoms with Gasteiger partial charge in [-0.1, -0.05) is 12.8 Å². The number of hydrogen-bond donors (Lipinski definition) is 1. The monoisotopic (exact) mass is 222 g/mol. The molecule has 0 radical (unpaired) electrons. The smallest absolute Gasteiger partial charge is 0.257 e. The molecule has 1 aliphatic rings. The maximum Gasteiger partial charge on any atom is 0.257 e. The molecule has 1 aromatic rings. The third-order valence-electron chi connectivity index (χ3n) is 3.29. The summed E-state index contributed by atoms with van der Waals surface area (Å²) >= 11 is 0. The van der Waals surface area contributed by atoms with Crippen molar-refractivity contribution in [3.8, 4) is 0 Å². The van der Waals surface area contributed by atoms with Gasteiger partial charge < -0.3 is 15.1 Å². The van der Waals surface area contributed by atoms with Crippen LogP contribution in [0.5, 0.6) is 0 Å². The fourth-order valence-electron chi connectivity index (χ4n) is 2.26. The summed E-state index contributed by atoms with van der Waals surface area (Å²) in [7, 11) is 1.87. The molecule has 88 valence electrons. The standard InChI is InChI=1S/C12H18N2O2/c1-14(10-4-2-3-5-10)12(15)9-6-11(7-13)16-8-9/h6,8,10H,2-5,7,13H2,1H3. The van der Waals surface area contributed by atoms with Crippen LogP contribution in [0.15, 0.2) is 16.7 Å². The van der Waals surface area contributed by atoms with Crippen LogP contribution in [0.25, 0.3) is 0 Å². The number of carbonyl (C=O) groups is 1. The Morgan fingerprint density at radius 3 is 2.81 bits per heavy atom. The molecule has 1 heterocycles. The first-order valence-corrected chi connectivity index (χ1v) is 5.77. The third kappa shape index (κ3) is 2.11. The molecular weight excluding hydrogens is 204 g/mol. The van der Waals surface area contributed by atoms with Gasteiger partial charge in [0, 0.05) is 13.1 Å². The Balaban J connectivity index is 2.05. The van der Waals surface area contributed by atoms with E-state index in [1.807, 2.05) is 11.9 Å². The molecule has 0 unspecified atom stereocenters. The molecule has 0 saturated heterocycles. The summed E-state index contributed by atoms with van der Waals surface area (Å²) in [5.74, 6) is 0.693. The average Bonchev–Trinajstić information content (AvgIpc) is 2.97. The van der Waals surface area contributed by atoms with E-state index in [1.165, 1.54) is 19.1 Å². The number of nitrogens with zero attached hydrogens (tertiary/aromatic N) is 1. The van der Waals surface area contributed by atoms with Crippen LogP contribution in [0.2, 0.25) is 0 Å². The van der Waals surface area contributed by atoms with Crippen molar-refractivity contribution in [1.82, 2.24) is 4.90 Å². The molecule has 1 saturated carbocycles. The molecular formula is C12H18N2O2. The number of nitrogens with two attached hydrogens (primary N) is 1. The van der Waals surface area contributed by atoms with Gasteiger partial charge >= 0.3 is 0 Å². The quantitative estimate of drug-likeness (QED) is 0.847. The predicted octanol–water partition coefficient (Wildman–Crippen LogP) is 1.75. The zero-order valence-electron chi connectivity index (χ0n) is 9.61. The minimum Gasteiger partial charge on any atom is -0.467 e. The van der Waals surface area contributed by atoms with Crippen LogP contribution in [0.1, 0.15) is 41.8 Å². The first-order chi connectivity index (χ1) is 7.72. The van der Waals surface area contributed by atoms with Gasteiger partial charge in [-0.05, 0) is 18.9 Å². The van der Waals surface area contributed by atoms with Gasteiger partial charge in [0.1, 0.15) is 12.0 Å². The molecule has 0 aliphatic heterocycles. The van der Waals surface area contributed by atoms with E-state index in [-0.39, 0.29) is 5.91 Å². The lowest BCUT2D eigenvalue weighted by Crippen LogP contribution is -2.34. The highest BCUT2D eigenvalue weighted by Gasteiger charge is 2.24. The summed E-state index contributed by atoms with van der Waals surface area (Å²) in [5, 5.41) is 0. The van der Waals surface area contributed by atoms with Gasteiger partial charge in [-0.25, -0.2) is 0 Å². The Labute approximate surface area is 95.4 Å². The van der Waals surface area contributed by atoms with Crippen molar-refractivity contribution in [2.24, 2.45) is 5.73 Å². The zero-order valence-corrected chi connectivity index (χ0v) is 9.61. The molecule has 0 aromatic carbocycles. The molecule has 2 N–H and O–H groups in total. The average molecular weight is 222 g/mol. The maximum atomic E-state index is 12.1. The number of hydrogen-bond acceptors (Lipinski definition) is 3. The third-order valence-corrected chi connectivity index (χ3v) is 3.29. The topological polar surface area (TPSA) is 59.5 Å². The zero-order chi connectivity index (χ0) is 11.5. The number of furan rings is 1. The molecule has 4 nitrogen and oxygen atoms in total. The first kappa shape index (κ1) is 11.2. The van der Waals surface area contributed by atoms with Gasteiger partial charge in [-0.15, -0.1) is 0 Å². The van der Waals surface area contributed by atoms with Gasteiger partial charge in [-0.2, -0.15) is 0 Å². The van der Waals surface area contributed by atoms with Crippen molar-refractivity contribution < 1.29 is 9.21 Å². The molecule has 0 bridgehead atoms. The number of rotatable bonds is 3. The van der Waals surface area contributed by atoms with Gasteiger partial charge in [0.05, 0.1) is 12.1 Å². The van der Waals surface area contributed by atoms with Crippen molar-refractivity contribution in [3.05, 3.63) is 23.7 Å². The van der Waals surface area contributed by atoms with Crippen molar-refractivity contribution in [2.45, 2.75) is 38.3 Å². The van der Waals surface area contributed by atoms with Crippen molar-refractivity contribution in [3.63, 3.8) is 0 Å². The Morgan fingerprint density at radius 1 is 1.56 bits per heavy atom. The lowest BCUT2D eigenvalue weighted by molar-refractivity contribution is 0.0734. The van der Waals surface area contributed by atoms with Gasteiger partial charge in [0.2, 0.25) is 0 Å². The Kier molecular flexibility index (Phi) is 3.29. The molecule has 1 fully saturated rings. The molecule has 1 aliphatic carbocycles. The van der Waals surface area contributed by atoms with E-state index in [2.05, 4.69) is 0 Å². The van der Waals surface area contributed by atoms with Crippen LogP contribution in [0.4, 0.5) is 0 Å². The molecule has 1 amide bonds. The highest BCUT2D eigenvalue weighted by Crippen LogP contribution is 2.24. The van der Waals surface area contributed by atoms with E-state index in [0.29, 0.717) is 23.9 Å². The van der Waals surface area contributed by atoms with Crippen molar-refractivity contribution in [2.75, 3.05) is 7.05 Å². The fraction of sp³-hybridized carbons (Fsp3) is 0.583. The molecule has 16 heavy (non-hydrogen) atoms. The summed E-state index contributed by atoms with van der Waals surface area (Å²) in [4.78, 5) is 13.9. The Hall–Kier alpha value is -1.29. The van der Waals surface area contributed by atoms with Crippen molar-refractivity contribution in [1.29, 1.82) is 0 Å². The normalized spacial score (nSPS) is 16.6. The van der Waals surface area contributed by atoms with Crippen LogP contribution >= 0.6 is 0 Å². The highest BCUT2D eigenvalue weighted by molar-refractivity contribution is 5.94. The van der Waals surface area contributed by atoms with E-state index in [1.54, 1.807) is 6.07 Å².